The number of aromatic nitrogens is 4. The van der Waals surface area contributed by atoms with Crippen LogP contribution in [0, 0.1) is 6.92 Å². The molecule has 0 unspecified atom stereocenters. The summed E-state index contributed by atoms with van der Waals surface area (Å²) < 4.78 is 2.02. The first-order valence-corrected chi connectivity index (χ1v) is 14.4. The van der Waals surface area contributed by atoms with Gasteiger partial charge in [-0.3, -0.25) is 0 Å². The van der Waals surface area contributed by atoms with Gasteiger partial charge >= 0.3 is 0 Å². The summed E-state index contributed by atoms with van der Waals surface area (Å²) in [6, 6.07) is 47.0. The molecule has 0 N–H and O–H groups in total. The van der Waals surface area contributed by atoms with Crippen molar-refractivity contribution in [3.63, 3.8) is 0 Å². The second kappa shape index (κ2) is 11.7. The van der Waals surface area contributed by atoms with Crippen molar-refractivity contribution in [2.24, 2.45) is 0 Å². The molecule has 6 rings (SSSR count). The Hall–Kier alpha value is -4.83. The summed E-state index contributed by atoms with van der Waals surface area (Å²) in [6.45, 7) is 4.41. The zero-order valence-corrected chi connectivity index (χ0v) is 23.6. The fraction of sp³-hybridized carbons (Fsp3) is 0.162. The molecule has 202 valence electrons. The molecule has 0 fully saturated rings. The summed E-state index contributed by atoms with van der Waals surface area (Å²) in [5.41, 5.74) is 8.47. The highest BCUT2D eigenvalue weighted by atomic mass is 15.6. The van der Waals surface area contributed by atoms with Crippen LogP contribution < -0.4 is 0 Å². The Morgan fingerprint density at radius 2 is 1.15 bits per heavy atom. The molecule has 1 heterocycles. The number of tetrazole rings is 1. The van der Waals surface area contributed by atoms with Gasteiger partial charge in [0.1, 0.15) is 5.54 Å². The number of hydrogen-bond acceptors (Lipinski definition) is 3. The van der Waals surface area contributed by atoms with Crippen molar-refractivity contribution < 1.29 is 0 Å². The van der Waals surface area contributed by atoms with E-state index in [1.165, 1.54) is 16.7 Å². The lowest BCUT2D eigenvalue weighted by molar-refractivity contribution is 0.451. The Labute approximate surface area is 242 Å². The molecule has 0 aliphatic heterocycles. The Morgan fingerprint density at radius 3 is 1.71 bits per heavy atom. The Balaban J connectivity index is 1.65. The molecule has 0 bridgehead atoms. The van der Waals surface area contributed by atoms with E-state index in [4.69, 9.17) is 10.3 Å². The molecular formula is C37H34N4. The molecule has 0 saturated carbocycles. The quantitative estimate of drug-likeness (QED) is 0.175. The number of benzene rings is 5. The van der Waals surface area contributed by atoms with Crippen LogP contribution in [0.2, 0.25) is 0 Å². The normalized spacial score (nSPS) is 11.5. The zero-order chi connectivity index (χ0) is 28.1. The minimum atomic E-state index is -0.798. The second-order valence-electron chi connectivity index (χ2n) is 10.5. The van der Waals surface area contributed by atoms with Crippen LogP contribution in [0.4, 0.5) is 0 Å². The Kier molecular flexibility index (Phi) is 7.55. The van der Waals surface area contributed by atoms with Gasteiger partial charge in [0.15, 0.2) is 5.82 Å². The molecule has 0 spiro atoms. The fourth-order valence-corrected chi connectivity index (χ4v) is 5.96. The lowest BCUT2D eigenvalue weighted by atomic mass is 9.77. The molecule has 1 aromatic heterocycles. The SMILES string of the molecule is CCCCc1cc(C)ccc1-c1ccccc1-c1nnnn1C(c1ccccc1)(c1ccccc1)c1ccccc1. The van der Waals surface area contributed by atoms with E-state index in [2.05, 4.69) is 153 Å². The van der Waals surface area contributed by atoms with Crippen LogP contribution in [0.5, 0.6) is 0 Å². The van der Waals surface area contributed by atoms with Gasteiger partial charge in [0.2, 0.25) is 0 Å². The average molecular weight is 535 g/mol. The second-order valence-corrected chi connectivity index (χ2v) is 10.5. The van der Waals surface area contributed by atoms with Gasteiger partial charge in [-0.15, -0.1) is 5.10 Å². The topological polar surface area (TPSA) is 43.6 Å². The standard InChI is InChI=1S/C37H34N4/c1-3-4-16-29-27-28(2)25-26-33(29)34-23-14-15-24-35(34)36-38-39-40-41(36)37(30-17-8-5-9-18-30,31-19-10-6-11-20-31)32-21-12-7-13-22-32/h5-15,17-27H,3-4,16H2,1-2H3. The molecule has 0 aliphatic rings. The van der Waals surface area contributed by atoms with E-state index in [-0.39, 0.29) is 0 Å². The van der Waals surface area contributed by atoms with Crippen LogP contribution in [0.15, 0.2) is 133 Å². The van der Waals surface area contributed by atoms with Gasteiger partial charge in [0, 0.05) is 5.56 Å². The molecule has 0 aliphatic carbocycles. The van der Waals surface area contributed by atoms with Crippen LogP contribution in [-0.4, -0.2) is 20.2 Å². The van der Waals surface area contributed by atoms with Gasteiger partial charge in [-0.05, 0) is 63.6 Å². The molecule has 0 atom stereocenters. The molecule has 0 saturated heterocycles. The van der Waals surface area contributed by atoms with E-state index in [9.17, 15) is 0 Å². The van der Waals surface area contributed by atoms with Crippen LogP contribution in [0.3, 0.4) is 0 Å². The van der Waals surface area contributed by atoms with Crippen molar-refractivity contribution >= 4 is 0 Å². The number of hydrogen-bond donors (Lipinski definition) is 0. The molecule has 0 radical (unpaired) electrons. The van der Waals surface area contributed by atoms with Gasteiger partial charge in [0.05, 0.1) is 0 Å². The molecule has 6 aromatic rings. The molecule has 4 heteroatoms. The molecule has 5 aromatic carbocycles. The van der Waals surface area contributed by atoms with E-state index in [0.29, 0.717) is 0 Å². The first-order valence-electron chi connectivity index (χ1n) is 14.4. The first-order chi connectivity index (χ1) is 20.2. The van der Waals surface area contributed by atoms with Crippen LogP contribution in [-0.2, 0) is 12.0 Å². The third-order valence-electron chi connectivity index (χ3n) is 7.88. The average Bonchev–Trinajstić information content (AvgIpc) is 3.52. The lowest BCUT2D eigenvalue weighted by Gasteiger charge is -2.36. The van der Waals surface area contributed by atoms with E-state index in [1.54, 1.807) is 0 Å². The number of nitrogens with zero attached hydrogens (tertiary/aromatic N) is 4. The molecule has 41 heavy (non-hydrogen) atoms. The largest absolute Gasteiger partial charge is 0.205 e. The minimum Gasteiger partial charge on any atom is -0.205 e. The highest BCUT2D eigenvalue weighted by Gasteiger charge is 2.42. The number of aryl methyl sites for hydroxylation is 2. The first kappa shape index (κ1) is 26.4. The van der Waals surface area contributed by atoms with Gasteiger partial charge in [-0.1, -0.05) is 152 Å². The number of rotatable bonds is 9. The molecular weight excluding hydrogens is 500 g/mol. The van der Waals surface area contributed by atoms with Crippen molar-refractivity contribution in [2.45, 2.75) is 38.6 Å². The van der Waals surface area contributed by atoms with E-state index in [0.717, 1.165) is 52.9 Å². The zero-order valence-electron chi connectivity index (χ0n) is 23.6. The van der Waals surface area contributed by atoms with Crippen molar-refractivity contribution in [2.75, 3.05) is 0 Å². The van der Waals surface area contributed by atoms with Crippen molar-refractivity contribution in [3.8, 4) is 22.5 Å². The monoisotopic (exact) mass is 534 g/mol. The highest BCUT2D eigenvalue weighted by molar-refractivity contribution is 5.83. The summed E-state index contributed by atoms with van der Waals surface area (Å²) in [5.74, 6) is 0.721. The lowest BCUT2D eigenvalue weighted by Crippen LogP contribution is -2.39. The summed E-state index contributed by atoms with van der Waals surface area (Å²) in [6.07, 6.45) is 3.34. The third-order valence-corrected chi connectivity index (χ3v) is 7.88. The van der Waals surface area contributed by atoms with Crippen molar-refractivity contribution in [1.29, 1.82) is 0 Å². The summed E-state index contributed by atoms with van der Waals surface area (Å²) in [7, 11) is 0. The fourth-order valence-electron chi connectivity index (χ4n) is 5.96. The summed E-state index contributed by atoms with van der Waals surface area (Å²) in [5, 5.41) is 13.8. The van der Waals surface area contributed by atoms with Gasteiger partial charge < -0.3 is 0 Å². The van der Waals surface area contributed by atoms with Crippen LogP contribution >= 0.6 is 0 Å². The van der Waals surface area contributed by atoms with Crippen molar-refractivity contribution in [1.82, 2.24) is 20.2 Å². The molecule has 0 amide bonds. The number of unbranched alkanes of at least 4 members (excludes halogenated alkanes) is 1. The van der Waals surface area contributed by atoms with Gasteiger partial charge in [-0.2, -0.15) is 0 Å². The minimum absolute atomic E-state index is 0.721. The Morgan fingerprint density at radius 1 is 0.610 bits per heavy atom. The molecule has 4 nitrogen and oxygen atoms in total. The summed E-state index contributed by atoms with van der Waals surface area (Å²) >= 11 is 0. The predicted octanol–water partition coefficient (Wildman–Crippen LogP) is 8.50. The third kappa shape index (κ3) is 4.87. The van der Waals surface area contributed by atoms with Gasteiger partial charge in [-0.25, -0.2) is 4.68 Å². The van der Waals surface area contributed by atoms with E-state index in [1.807, 2.05) is 4.68 Å². The van der Waals surface area contributed by atoms with Crippen LogP contribution in [0.25, 0.3) is 22.5 Å². The Bertz CT molecular complexity index is 1630. The maximum Gasteiger partial charge on any atom is 0.184 e. The van der Waals surface area contributed by atoms with E-state index < -0.39 is 5.54 Å². The predicted molar refractivity (Wildman–Crippen MR) is 167 cm³/mol. The van der Waals surface area contributed by atoms with Crippen LogP contribution in [0.1, 0.15) is 47.6 Å². The smallest absolute Gasteiger partial charge is 0.184 e. The highest BCUT2D eigenvalue weighted by Crippen LogP contribution is 2.43. The maximum absolute atomic E-state index is 4.77. The summed E-state index contributed by atoms with van der Waals surface area (Å²) in [4.78, 5) is 0. The maximum atomic E-state index is 4.77. The van der Waals surface area contributed by atoms with E-state index >= 15 is 0 Å². The van der Waals surface area contributed by atoms with Gasteiger partial charge in [0.25, 0.3) is 0 Å². The van der Waals surface area contributed by atoms with Crippen molar-refractivity contribution in [3.05, 3.63) is 161 Å².